The lowest BCUT2D eigenvalue weighted by molar-refractivity contribution is 1.61. The van der Waals surface area contributed by atoms with E-state index in [4.69, 9.17) is 5.73 Å². The maximum absolute atomic E-state index is 6.28. The van der Waals surface area contributed by atoms with E-state index in [0.29, 0.717) is 0 Å². The van der Waals surface area contributed by atoms with E-state index in [1.54, 1.807) is 0 Å². The Balaban J connectivity index is 1.90. The molecule has 0 aliphatic heterocycles. The molecule has 124 valence electrons. The van der Waals surface area contributed by atoms with Crippen molar-refractivity contribution in [1.29, 1.82) is 0 Å². The fourth-order valence-corrected chi connectivity index (χ4v) is 4.21. The number of hydrogen-bond donors (Lipinski definition) is 1. The Hall–Kier alpha value is -2.84. The fraction of sp³-hybridized carbons (Fsp3) is 0. The van der Waals surface area contributed by atoms with Crippen LogP contribution in [0.5, 0.6) is 0 Å². The summed E-state index contributed by atoms with van der Waals surface area (Å²) in [5.74, 6) is 0. The quantitative estimate of drug-likeness (QED) is 0.235. The van der Waals surface area contributed by atoms with Gasteiger partial charge in [-0.25, -0.2) is 0 Å². The van der Waals surface area contributed by atoms with Gasteiger partial charge in [-0.2, -0.15) is 0 Å². The van der Waals surface area contributed by atoms with E-state index < -0.39 is 0 Å². The van der Waals surface area contributed by atoms with Crippen LogP contribution >= 0.6 is 15.9 Å². The molecule has 5 aromatic carbocycles. The zero-order valence-electron chi connectivity index (χ0n) is 14.0. The third-order valence-electron chi connectivity index (χ3n) is 5.09. The first kappa shape index (κ1) is 15.4. The van der Waals surface area contributed by atoms with Gasteiger partial charge in [-0.3, -0.25) is 0 Å². The van der Waals surface area contributed by atoms with Crippen LogP contribution in [0.4, 0.5) is 5.69 Å². The summed E-state index contributed by atoms with van der Waals surface area (Å²) < 4.78 is 1.03. The summed E-state index contributed by atoms with van der Waals surface area (Å²) in [7, 11) is 0. The number of halogens is 1. The first-order valence-corrected chi connectivity index (χ1v) is 9.40. The summed E-state index contributed by atoms with van der Waals surface area (Å²) >= 11 is 3.57. The van der Waals surface area contributed by atoms with Crippen molar-refractivity contribution in [3.8, 4) is 11.1 Å². The first-order chi connectivity index (χ1) is 12.7. The highest BCUT2D eigenvalue weighted by atomic mass is 79.9. The molecular weight excluding hydrogens is 382 g/mol. The summed E-state index contributed by atoms with van der Waals surface area (Å²) in [6, 6.07) is 29.9. The van der Waals surface area contributed by atoms with E-state index in [1.807, 2.05) is 12.1 Å². The average Bonchev–Trinajstić information content (AvgIpc) is 2.69. The molecule has 0 aromatic heterocycles. The van der Waals surface area contributed by atoms with Crippen molar-refractivity contribution in [1.82, 2.24) is 0 Å². The molecule has 0 saturated carbocycles. The van der Waals surface area contributed by atoms with Gasteiger partial charge >= 0.3 is 0 Å². The van der Waals surface area contributed by atoms with Gasteiger partial charge in [0.15, 0.2) is 0 Å². The second-order valence-electron chi connectivity index (χ2n) is 6.58. The van der Waals surface area contributed by atoms with Crippen molar-refractivity contribution in [2.24, 2.45) is 0 Å². The van der Waals surface area contributed by atoms with E-state index in [1.165, 1.54) is 32.3 Å². The summed E-state index contributed by atoms with van der Waals surface area (Å²) in [5.41, 5.74) is 9.29. The van der Waals surface area contributed by atoms with E-state index in [0.717, 1.165) is 21.3 Å². The van der Waals surface area contributed by atoms with Crippen molar-refractivity contribution >= 4 is 53.9 Å². The highest BCUT2D eigenvalue weighted by Gasteiger charge is 2.10. The molecule has 0 saturated heterocycles. The lowest BCUT2D eigenvalue weighted by atomic mass is 9.92. The molecule has 0 aliphatic carbocycles. The van der Waals surface area contributed by atoms with Gasteiger partial charge in [0.05, 0.1) is 0 Å². The Bertz CT molecular complexity index is 1300. The van der Waals surface area contributed by atoms with Crippen molar-refractivity contribution < 1.29 is 0 Å². The minimum Gasteiger partial charge on any atom is -0.398 e. The van der Waals surface area contributed by atoms with Crippen molar-refractivity contribution in [2.75, 3.05) is 5.73 Å². The van der Waals surface area contributed by atoms with Gasteiger partial charge < -0.3 is 5.73 Å². The molecule has 2 N–H and O–H groups in total. The van der Waals surface area contributed by atoms with Crippen LogP contribution in [0.2, 0.25) is 0 Å². The van der Waals surface area contributed by atoms with Crippen LogP contribution in [0.15, 0.2) is 89.4 Å². The molecule has 0 aliphatic rings. The molecule has 26 heavy (non-hydrogen) atoms. The van der Waals surface area contributed by atoms with Gasteiger partial charge in [0, 0.05) is 15.7 Å². The number of anilines is 1. The predicted octanol–water partition coefficient (Wildman–Crippen LogP) is 7.16. The minimum absolute atomic E-state index is 0.791. The molecule has 0 bridgehead atoms. The maximum atomic E-state index is 6.28. The summed E-state index contributed by atoms with van der Waals surface area (Å²) in [5, 5.41) is 7.60. The molecule has 1 nitrogen and oxygen atoms in total. The molecule has 0 spiro atoms. The van der Waals surface area contributed by atoms with Crippen molar-refractivity contribution in [3.63, 3.8) is 0 Å². The Labute approximate surface area is 160 Å². The van der Waals surface area contributed by atoms with Crippen LogP contribution in [-0.2, 0) is 0 Å². The fourth-order valence-electron chi connectivity index (χ4n) is 3.85. The van der Waals surface area contributed by atoms with Crippen LogP contribution in [0.3, 0.4) is 0 Å². The normalized spacial score (nSPS) is 11.4. The number of nitrogens with two attached hydrogens (primary N) is 1. The lowest BCUT2D eigenvalue weighted by Gasteiger charge is -2.13. The van der Waals surface area contributed by atoms with Crippen molar-refractivity contribution in [3.05, 3.63) is 89.4 Å². The van der Waals surface area contributed by atoms with Crippen LogP contribution < -0.4 is 5.73 Å². The Kier molecular flexibility index (Phi) is 3.47. The molecule has 0 heterocycles. The topological polar surface area (TPSA) is 26.0 Å². The summed E-state index contributed by atoms with van der Waals surface area (Å²) in [4.78, 5) is 0. The van der Waals surface area contributed by atoms with Gasteiger partial charge in [0.25, 0.3) is 0 Å². The molecule has 0 radical (unpaired) electrons. The molecular formula is C24H16BrN. The molecule has 2 heteroatoms. The van der Waals surface area contributed by atoms with Crippen LogP contribution in [-0.4, -0.2) is 0 Å². The number of fused-ring (bicyclic) bond motifs is 5. The van der Waals surface area contributed by atoms with Gasteiger partial charge in [-0.05, 0) is 56.1 Å². The van der Waals surface area contributed by atoms with E-state index in [2.05, 4.69) is 88.7 Å². The molecule has 5 aromatic rings. The van der Waals surface area contributed by atoms with Gasteiger partial charge in [-0.15, -0.1) is 0 Å². The largest absolute Gasteiger partial charge is 0.398 e. The van der Waals surface area contributed by atoms with Gasteiger partial charge in [0.1, 0.15) is 0 Å². The SMILES string of the molecule is Nc1ccc(Br)cc1-c1cccc2c1ccc1c3ccccc3ccc21. The number of benzene rings is 5. The zero-order chi connectivity index (χ0) is 17.7. The maximum Gasteiger partial charge on any atom is 0.0394 e. The minimum atomic E-state index is 0.791. The average molecular weight is 398 g/mol. The molecule has 0 fully saturated rings. The molecule has 0 unspecified atom stereocenters. The van der Waals surface area contributed by atoms with Crippen LogP contribution in [0, 0.1) is 0 Å². The van der Waals surface area contributed by atoms with Crippen LogP contribution in [0.25, 0.3) is 43.4 Å². The monoisotopic (exact) mass is 397 g/mol. The van der Waals surface area contributed by atoms with E-state index in [-0.39, 0.29) is 0 Å². The number of nitrogen functional groups attached to an aromatic ring is 1. The predicted molar refractivity (Wildman–Crippen MR) is 117 cm³/mol. The molecule has 5 rings (SSSR count). The standard InChI is InChI=1S/C24H16BrN/c25-16-9-13-24(26)23(14-16)19-7-3-6-18-21-10-8-15-4-1-2-5-17(15)20(21)11-12-22(18)19/h1-14H,26H2. The third kappa shape index (κ3) is 2.30. The highest BCUT2D eigenvalue weighted by Crippen LogP contribution is 2.38. The zero-order valence-corrected chi connectivity index (χ0v) is 15.6. The first-order valence-electron chi connectivity index (χ1n) is 8.61. The Morgan fingerprint density at radius 2 is 1.23 bits per heavy atom. The highest BCUT2D eigenvalue weighted by molar-refractivity contribution is 9.10. The van der Waals surface area contributed by atoms with Gasteiger partial charge in [0.2, 0.25) is 0 Å². The van der Waals surface area contributed by atoms with Crippen molar-refractivity contribution in [2.45, 2.75) is 0 Å². The Morgan fingerprint density at radius 1 is 0.538 bits per heavy atom. The number of hydrogen-bond acceptors (Lipinski definition) is 1. The van der Waals surface area contributed by atoms with E-state index in [9.17, 15) is 0 Å². The second kappa shape index (κ2) is 5.86. The van der Waals surface area contributed by atoms with E-state index >= 15 is 0 Å². The summed E-state index contributed by atoms with van der Waals surface area (Å²) in [6.45, 7) is 0. The molecule has 0 atom stereocenters. The summed E-state index contributed by atoms with van der Waals surface area (Å²) in [6.07, 6.45) is 0. The molecule has 0 amide bonds. The van der Waals surface area contributed by atoms with Gasteiger partial charge in [-0.1, -0.05) is 82.7 Å². The third-order valence-corrected chi connectivity index (χ3v) is 5.58. The smallest absolute Gasteiger partial charge is 0.0394 e. The lowest BCUT2D eigenvalue weighted by Crippen LogP contribution is -1.91. The van der Waals surface area contributed by atoms with Crippen LogP contribution in [0.1, 0.15) is 0 Å². The second-order valence-corrected chi connectivity index (χ2v) is 7.50. The Morgan fingerprint density at radius 3 is 2.15 bits per heavy atom. The number of rotatable bonds is 1.